The Labute approximate surface area is 82.9 Å². The Morgan fingerprint density at radius 2 is 1.85 bits per heavy atom. The Morgan fingerprint density at radius 1 is 1.15 bits per heavy atom. The van der Waals surface area contributed by atoms with Gasteiger partial charge in [0.05, 0.1) is 0 Å². The summed E-state index contributed by atoms with van der Waals surface area (Å²) in [6.45, 7) is 6.49. The molecule has 1 saturated heterocycles. The predicted molar refractivity (Wildman–Crippen MR) is 56.8 cm³/mol. The van der Waals surface area contributed by atoms with Gasteiger partial charge in [0, 0.05) is 13.2 Å². The molecule has 1 nitrogen and oxygen atoms in total. The largest absolute Gasteiger partial charge is 0.381 e. The maximum absolute atomic E-state index is 5.06. The second-order valence-electron chi connectivity index (χ2n) is 4.53. The van der Waals surface area contributed by atoms with Crippen molar-refractivity contribution in [1.82, 2.24) is 0 Å². The summed E-state index contributed by atoms with van der Waals surface area (Å²) >= 11 is 0. The van der Waals surface area contributed by atoms with Gasteiger partial charge in [0.15, 0.2) is 0 Å². The van der Waals surface area contributed by atoms with Gasteiger partial charge >= 0.3 is 0 Å². The molecule has 1 atom stereocenters. The second-order valence-corrected chi connectivity index (χ2v) is 4.53. The van der Waals surface area contributed by atoms with E-state index in [0.29, 0.717) is 0 Å². The lowest BCUT2D eigenvalue weighted by Gasteiger charge is -1.99. The van der Waals surface area contributed by atoms with Gasteiger partial charge in [0.25, 0.3) is 0 Å². The van der Waals surface area contributed by atoms with Gasteiger partial charge in [-0.25, -0.2) is 0 Å². The molecule has 0 spiro atoms. The Kier molecular flexibility index (Phi) is 5.45. The molecule has 1 heterocycles. The van der Waals surface area contributed by atoms with Crippen molar-refractivity contribution in [2.45, 2.75) is 52.4 Å². The molecule has 0 aromatic rings. The lowest BCUT2D eigenvalue weighted by molar-refractivity contribution is 0.188. The van der Waals surface area contributed by atoms with E-state index in [4.69, 9.17) is 4.74 Å². The smallest absolute Gasteiger partial charge is 0.0492 e. The Hall–Kier alpha value is -0.0400. The molecule has 0 N–H and O–H groups in total. The standard InChI is InChI=1S/C7H14.C5H10O/c1-2-7-5-3-4-6-7;1-5-2-3-6-4-5/h7H,2-6H2,1H3;5H,2-4H2,1H3. The van der Waals surface area contributed by atoms with Gasteiger partial charge in [0.2, 0.25) is 0 Å². The second kappa shape index (κ2) is 6.42. The summed E-state index contributed by atoms with van der Waals surface area (Å²) in [6.07, 6.45) is 8.70. The van der Waals surface area contributed by atoms with E-state index in [1.165, 1.54) is 38.5 Å². The maximum Gasteiger partial charge on any atom is 0.0492 e. The zero-order chi connectivity index (χ0) is 9.52. The summed E-state index contributed by atoms with van der Waals surface area (Å²) in [6, 6.07) is 0. The minimum Gasteiger partial charge on any atom is -0.381 e. The number of hydrogen-bond donors (Lipinski definition) is 0. The summed E-state index contributed by atoms with van der Waals surface area (Å²) in [5.41, 5.74) is 0. The lowest BCUT2D eigenvalue weighted by Crippen LogP contribution is -1.88. The van der Waals surface area contributed by atoms with Gasteiger partial charge in [-0.2, -0.15) is 0 Å². The molecule has 1 aliphatic heterocycles. The van der Waals surface area contributed by atoms with Crippen LogP contribution in [0.15, 0.2) is 0 Å². The molecular formula is C12H24O. The molecule has 2 aliphatic rings. The molecule has 0 aromatic carbocycles. The van der Waals surface area contributed by atoms with Crippen molar-refractivity contribution >= 4 is 0 Å². The first-order valence-electron chi connectivity index (χ1n) is 5.90. The third-order valence-corrected chi connectivity index (χ3v) is 3.21. The van der Waals surface area contributed by atoms with Gasteiger partial charge in [-0.1, -0.05) is 46.0 Å². The van der Waals surface area contributed by atoms with Crippen molar-refractivity contribution in [2.75, 3.05) is 13.2 Å². The number of ether oxygens (including phenoxy) is 1. The van der Waals surface area contributed by atoms with Crippen LogP contribution in [0.1, 0.15) is 52.4 Å². The van der Waals surface area contributed by atoms with Crippen molar-refractivity contribution in [1.29, 1.82) is 0 Å². The molecule has 0 bridgehead atoms. The molecule has 1 aliphatic carbocycles. The Balaban J connectivity index is 0.000000132. The predicted octanol–water partition coefficient (Wildman–Crippen LogP) is 3.63. The third kappa shape index (κ3) is 4.66. The molecule has 2 fully saturated rings. The highest BCUT2D eigenvalue weighted by Gasteiger charge is 2.11. The van der Waals surface area contributed by atoms with Crippen LogP contribution in [0, 0.1) is 11.8 Å². The minimum atomic E-state index is 0.824. The van der Waals surface area contributed by atoms with E-state index in [2.05, 4.69) is 13.8 Å². The zero-order valence-corrected chi connectivity index (χ0v) is 9.22. The number of hydrogen-bond acceptors (Lipinski definition) is 1. The van der Waals surface area contributed by atoms with E-state index in [1.54, 1.807) is 0 Å². The maximum atomic E-state index is 5.06. The molecule has 0 amide bonds. The van der Waals surface area contributed by atoms with Crippen LogP contribution in [0.25, 0.3) is 0 Å². The highest BCUT2D eigenvalue weighted by Crippen LogP contribution is 2.26. The van der Waals surface area contributed by atoms with E-state index in [-0.39, 0.29) is 0 Å². The fourth-order valence-corrected chi connectivity index (χ4v) is 2.07. The van der Waals surface area contributed by atoms with E-state index in [0.717, 1.165) is 25.0 Å². The summed E-state index contributed by atoms with van der Waals surface area (Å²) in [5.74, 6) is 1.92. The highest BCUT2D eigenvalue weighted by molar-refractivity contribution is 4.64. The Bertz CT molecular complexity index is 110. The van der Waals surface area contributed by atoms with E-state index < -0.39 is 0 Å². The van der Waals surface area contributed by atoms with Crippen LogP contribution in [0.3, 0.4) is 0 Å². The fraction of sp³-hybridized carbons (Fsp3) is 1.00. The summed E-state index contributed by atoms with van der Waals surface area (Å²) in [5, 5.41) is 0. The van der Waals surface area contributed by atoms with Gasteiger partial charge in [0.1, 0.15) is 0 Å². The van der Waals surface area contributed by atoms with Crippen molar-refractivity contribution < 1.29 is 4.74 Å². The highest BCUT2D eigenvalue weighted by atomic mass is 16.5. The van der Waals surface area contributed by atoms with Gasteiger partial charge < -0.3 is 4.74 Å². The SMILES string of the molecule is CC1CCOC1.CCC1CCCC1. The molecule has 0 aromatic heterocycles. The summed E-state index contributed by atoms with van der Waals surface area (Å²) < 4.78 is 5.06. The van der Waals surface area contributed by atoms with E-state index >= 15 is 0 Å². The van der Waals surface area contributed by atoms with Gasteiger partial charge in [-0.3, -0.25) is 0 Å². The van der Waals surface area contributed by atoms with Crippen LogP contribution in [0.2, 0.25) is 0 Å². The summed E-state index contributed by atoms with van der Waals surface area (Å²) in [7, 11) is 0. The van der Waals surface area contributed by atoms with Crippen molar-refractivity contribution in [3.8, 4) is 0 Å². The quantitative estimate of drug-likeness (QED) is 0.604. The molecule has 1 saturated carbocycles. The third-order valence-electron chi connectivity index (χ3n) is 3.21. The molecule has 2 rings (SSSR count). The van der Waals surface area contributed by atoms with Gasteiger partial charge in [-0.05, 0) is 18.3 Å². The first kappa shape index (κ1) is 11.0. The molecule has 1 unspecified atom stereocenters. The van der Waals surface area contributed by atoms with Crippen LogP contribution < -0.4 is 0 Å². The average Bonchev–Trinajstić information content (AvgIpc) is 2.76. The molecular weight excluding hydrogens is 160 g/mol. The topological polar surface area (TPSA) is 9.23 Å². The van der Waals surface area contributed by atoms with Crippen LogP contribution in [-0.4, -0.2) is 13.2 Å². The van der Waals surface area contributed by atoms with Crippen molar-refractivity contribution in [3.05, 3.63) is 0 Å². The number of rotatable bonds is 1. The van der Waals surface area contributed by atoms with Crippen molar-refractivity contribution in [2.24, 2.45) is 11.8 Å². The van der Waals surface area contributed by atoms with E-state index in [9.17, 15) is 0 Å². The first-order valence-corrected chi connectivity index (χ1v) is 5.90. The van der Waals surface area contributed by atoms with Crippen LogP contribution in [0.4, 0.5) is 0 Å². The summed E-state index contributed by atoms with van der Waals surface area (Å²) in [4.78, 5) is 0. The van der Waals surface area contributed by atoms with Crippen LogP contribution >= 0.6 is 0 Å². The Morgan fingerprint density at radius 3 is 2.08 bits per heavy atom. The first-order chi connectivity index (χ1) is 6.33. The molecule has 13 heavy (non-hydrogen) atoms. The average molecular weight is 184 g/mol. The van der Waals surface area contributed by atoms with Crippen LogP contribution in [-0.2, 0) is 4.74 Å². The zero-order valence-electron chi connectivity index (χ0n) is 9.22. The normalized spacial score (nSPS) is 28.6. The molecule has 0 radical (unpaired) electrons. The van der Waals surface area contributed by atoms with Crippen molar-refractivity contribution in [3.63, 3.8) is 0 Å². The monoisotopic (exact) mass is 184 g/mol. The van der Waals surface area contributed by atoms with E-state index in [1.807, 2.05) is 0 Å². The van der Waals surface area contributed by atoms with Crippen LogP contribution in [0.5, 0.6) is 0 Å². The fourth-order valence-electron chi connectivity index (χ4n) is 2.07. The molecule has 1 heteroatoms. The molecule has 78 valence electrons. The lowest BCUT2D eigenvalue weighted by atomic mass is 10.1. The minimum absolute atomic E-state index is 0.824. The van der Waals surface area contributed by atoms with Gasteiger partial charge in [-0.15, -0.1) is 0 Å².